The van der Waals surface area contributed by atoms with Gasteiger partial charge in [0.15, 0.2) is 0 Å². The van der Waals surface area contributed by atoms with Gasteiger partial charge in [0.2, 0.25) is 0 Å². The van der Waals surface area contributed by atoms with Gasteiger partial charge in [0.05, 0.1) is 5.02 Å². The van der Waals surface area contributed by atoms with Gasteiger partial charge in [-0.05, 0) is 73.0 Å². The highest BCUT2D eigenvalue weighted by Crippen LogP contribution is 2.24. The first-order valence-electron chi connectivity index (χ1n) is 6.51. The predicted molar refractivity (Wildman–Crippen MR) is 81.1 cm³/mol. The van der Waals surface area contributed by atoms with Gasteiger partial charge < -0.3 is 5.32 Å². The Hall–Kier alpha value is -0.0900. The monoisotopic (exact) mass is 330 g/mol. The van der Waals surface area contributed by atoms with Crippen LogP contribution in [0.2, 0.25) is 5.02 Å². The van der Waals surface area contributed by atoms with Crippen molar-refractivity contribution in [1.29, 1.82) is 0 Å². The second kappa shape index (κ2) is 6.90. The Balaban J connectivity index is 1.96. The van der Waals surface area contributed by atoms with Gasteiger partial charge in [0, 0.05) is 17.1 Å². The molecule has 1 aliphatic heterocycles. The Morgan fingerprint density at radius 1 is 1.39 bits per heavy atom. The molecule has 0 aromatic heterocycles. The minimum Gasteiger partial charge on any atom is -0.317 e. The summed E-state index contributed by atoms with van der Waals surface area (Å²) in [6.45, 7) is 3.27. The zero-order valence-electron chi connectivity index (χ0n) is 10.8. The molecule has 0 radical (unpaired) electrons. The Morgan fingerprint density at radius 2 is 2.22 bits per heavy atom. The average molecular weight is 332 g/mol. The van der Waals surface area contributed by atoms with Crippen LogP contribution in [0, 0.1) is 0 Å². The summed E-state index contributed by atoms with van der Waals surface area (Å²) in [5, 5.41) is 4.25. The number of rotatable bonds is 3. The Bertz CT molecular complexity index is 389. The van der Waals surface area contributed by atoms with Crippen LogP contribution in [0.15, 0.2) is 22.7 Å². The van der Waals surface area contributed by atoms with Crippen molar-refractivity contribution in [3.8, 4) is 0 Å². The molecule has 0 amide bonds. The lowest BCUT2D eigenvalue weighted by Crippen LogP contribution is -2.31. The lowest BCUT2D eigenvalue weighted by molar-refractivity contribution is 0.216. The summed E-state index contributed by atoms with van der Waals surface area (Å²) in [6, 6.07) is 6.90. The molecule has 1 saturated heterocycles. The summed E-state index contributed by atoms with van der Waals surface area (Å²) >= 11 is 9.56. The zero-order valence-corrected chi connectivity index (χ0v) is 13.1. The quantitative estimate of drug-likeness (QED) is 0.909. The van der Waals surface area contributed by atoms with Gasteiger partial charge >= 0.3 is 0 Å². The van der Waals surface area contributed by atoms with Crippen LogP contribution in [0.4, 0.5) is 0 Å². The summed E-state index contributed by atoms with van der Waals surface area (Å²) in [5.74, 6) is 0. The van der Waals surface area contributed by atoms with Crippen molar-refractivity contribution in [1.82, 2.24) is 10.2 Å². The molecular formula is C14H20BrClN2. The molecule has 18 heavy (non-hydrogen) atoms. The molecule has 2 nitrogen and oxygen atoms in total. The average Bonchev–Trinajstić information content (AvgIpc) is 2.62. The molecular weight excluding hydrogens is 312 g/mol. The van der Waals surface area contributed by atoms with E-state index in [0.717, 1.165) is 29.1 Å². The molecule has 100 valence electrons. The molecule has 1 heterocycles. The number of benzene rings is 1. The summed E-state index contributed by atoms with van der Waals surface area (Å²) in [4.78, 5) is 2.45. The Morgan fingerprint density at radius 3 is 3.00 bits per heavy atom. The van der Waals surface area contributed by atoms with Crippen LogP contribution in [0.1, 0.15) is 24.8 Å². The topological polar surface area (TPSA) is 15.3 Å². The fourth-order valence-corrected chi connectivity index (χ4v) is 2.95. The van der Waals surface area contributed by atoms with E-state index < -0.39 is 0 Å². The maximum Gasteiger partial charge on any atom is 0.0551 e. The number of nitrogens with one attached hydrogen (secondary N) is 1. The normalized spacial score (nSPS) is 21.0. The van der Waals surface area contributed by atoms with Crippen molar-refractivity contribution in [2.75, 3.05) is 20.1 Å². The van der Waals surface area contributed by atoms with Crippen molar-refractivity contribution in [2.24, 2.45) is 0 Å². The van der Waals surface area contributed by atoms with E-state index in [-0.39, 0.29) is 0 Å². The largest absolute Gasteiger partial charge is 0.317 e. The van der Waals surface area contributed by atoms with Gasteiger partial charge in [-0.25, -0.2) is 0 Å². The van der Waals surface area contributed by atoms with Crippen molar-refractivity contribution in [3.05, 3.63) is 33.3 Å². The molecule has 0 saturated carbocycles. The van der Waals surface area contributed by atoms with Gasteiger partial charge in [0.25, 0.3) is 0 Å². The third-order valence-electron chi connectivity index (χ3n) is 3.58. The van der Waals surface area contributed by atoms with E-state index in [1.807, 2.05) is 6.07 Å². The molecule has 2 rings (SSSR count). The molecule has 1 aromatic rings. The van der Waals surface area contributed by atoms with E-state index in [4.69, 9.17) is 11.6 Å². The molecule has 4 heteroatoms. The van der Waals surface area contributed by atoms with E-state index in [2.05, 4.69) is 45.3 Å². The third-order valence-corrected chi connectivity index (χ3v) is 4.82. The third kappa shape index (κ3) is 3.95. The lowest BCUT2D eigenvalue weighted by Gasteiger charge is -2.27. The van der Waals surface area contributed by atoms with Crippen molar-refractivity contribution >= 4 is 27.5 Å². The van der Waals surface area contributed by atoms with Crippen LogP contribution in [-0.4, -0.2) is 31.1 Å². The second-order valence-electron chi connectivity index (χ2n) is 5.00. The van der Waals surface area contributed by atoms with Gasteiger partial charge in [-0.1, -0.05) is 17.7 Å². The fraction of sp³-hybridized carbons (Fsp3) is 0.571. The number of hydrogen-bond acceptors (Lipinski definition) is 2. The molecule has 0 aliphatic carbocycles. The SMILES string of the molecule is CN(Cc1ccc(Br)c(Cl)c1)C1CCCNCC1. The Kier molecular flexibility index (Phi) is 5.49. The minimum absolute atomic E-state index is 0.683. The summed E-state index contributed by atoms with van der Waals surface area (Å²) in [5.41, 5.74) is 1.28. The predicted octanol–water partition coefficient (Wildman–Crippen LogP) is 3.68. The molecule has 1 aliphatic rings. The molecule has 1 aromatic carbocycles. The van der Waals surface area contributed by atoms with E-state index >= 15 is 0 Å². The first-order valence-corrected chi connectivity index (χ1v) is 7.69. The number of nitrogens with zero attached hydrogens (tertiary/aromatic N) is 1. The highest BCUT2D eigenvalue weighted by molar-refractivity contribution is 9.10. The van der Waals surface area contributed by atoms with Crippen molar-refractivity contribution in [3.63, 3.8) is 0 Å². The number of hydrogen-bond donors (Lipinski definition) is 1. The first-order chi connectivity index (χ1) is 8.66. The minimum atomic E-state index is 0.683. The summed E-state index contributed by atoms with van der Waals surface area (Å²) in [6.07, 6.45) is 3.80. The molecule has 1 unspecified atom stereocenters. The maximum absolute atomic E-state index is 6.13. The van der Waals surface area contributed by atoms with Gasteiger partial charge in [-0.15, -0.1) is 0 Å². The van der Waals surface area contributed by atoms with Crippen LogP contribution >= 0.6 is 27.5 Å². The molecule has 1 atom stereocenters. The highest BCUT2D eigenvalue weighted by atomic mass is 79.9. The van der Waals surface area contributed by atoms with Crippen LogP contribution in [0.25, 0.3) is 0 Å². The standard InChI is InChI=1S/C14H20BrClN2/c1-18(12-3-2-7-17-8-6-12)10-11-4-5-13(15)14(16)9-11/h4-5,9,12,17H,2-3,6-8,10H2,1H3. The first kappa shape index (κ1) is 14.3. The van der Waals surface area contributed by atoms with E-state index in [9.17, 15) is 0 Å². The molecule has 1 N–H and O–H groups in total. The fourth-order valence-electron chi connectivity index (χ4n) is 2.50. The highest BCUT2D eigenvalue weighted by Gasteiger charge is 2.16. The Labute approximate surface area is 123 Å². The molecule has 0 bridgehead atoms. The smallest absolute Gasteiger partial charge is 0.0551 e. The molecule has 0 spiro atoms. The van der Waals surface area contributed by atoms with E-state index in [1.54, 1.807) is 0 Å². The number of halogens is 2. The second-order valence-corrected chi connectivity index (χ2v) is 6.26. The van der Waals surface area contributed by atoms with Gasteiger partial charge in [-0.3, -0.25) is 4.90 Å². The van der Waals surface area contributed by atoms with E-state index in [0.29, 0.717) is 6.04 Å². The van der Waals surface area contributed by atoms with Gasteiger partial charge in [-0.2, -0.15) is 0 Å². The van der Waals surface area contributed by atoms with Crippen LogP contribution in [0.5, 0.6) is 0 Å². The summed E-state index contributed by atoms with van der Waals surface area (Å²) in [7, 11) is 2.21. The summed E-state index contributed by atoms with van der Waals surface area (Å²) < 4.78 is 0.967. The van der Waals surface area contributed by atoms with Crippen LogP contribution in [0.3, 0.4) is 0 Å². The lowest BCUT2D eigenvalue weighted by atomic mass is 10.1. The van der Waals surface area contributed by atoms with E-state index in [1.165, 1.54) is 24.8 Å². The van der Waals surface area contributed by atoms with Crippen LogP contribution in [-0.2, 0) is 6.54 Å². The zero-order chi connectivity index (χ0) is 13.0. The van der Waals surface area contributed by atoms with Crippen molar-refractivity contribution in [2.45, 2.75) is 31.8 Å². The maximum atomic E-state index is 6.13. The van der Waals surface area contributed by atoms with Crippen molar-refractivity contribution < 1.29 is 0 Å². The van der Waals surface area contributed by atoms with Crippen LogP contribution < -0.4 is 5.32 Å². The molecule has 1 fully saturated rings. The van der Waals surface area contributed by atoms with Gasteiger partial charge in [0.1, 0.15) is 0 Å².